The monoisotopic (exact) mass is 352 g/mol. The summed E-state index contributed by atoms with van der Waals surface area (Å²) in [4.78, 5) is -0.0580. The van der Waals surface area contributed by atoms with E-state index in [1.54, 1.807) is 0 Å². The molecule has 1 heterocycles. The van der Waals surface area contributed by atoms with Gasteiger partial charge in [-0.05, 0) is 49.9 Å². The third-order valence-electron chi connectivity index (χ3n) is 3.86. The predicted molar refractivity (Wildman–Crippen MR) is 78.3 cm³/mol. The number of halogens is 3. The molecule has 2 rings (SSSR count). The van der Waals surface area contributed by atoms with E-state index in [0.717, 1.165) is 30.7 Å². The molecular weight excluding hydrogens is 333 g/mol. The van der Waals surface area contributed by atoms with Crippen LogP contribution in [0.25, 0.3) is 0 Å². The number of benzene rings is 1. The lowest BCUT2D eigenvalue weighted by atomic mass is 9.93. The molecule has 1 saturated heterocycles. The first-order valence-corrected chi connectivity index (χ1v) is 8.65. The quantitative estimate of drug-likeness (QED) is 0.903. The number of nitrogens with zero attached hydrogens (tertiary/aromatic N) is 1. The van der Waals surface area contributed by atoms with Crippen LogP contribution in [0.1, 0.15) is 19.8 Å². The maximum absolute atomic E-state index is 12.6. The molecule has 23 heavy (non-hydrogen) atoms. The Hall–Kier alpha value is -1.32. The van der Waals surface area contributed by atoms with E-state index in [2.05, 4.69) is 4.74 Å². The van der Waals surface area contributed by atoms with Gasteiger partial charge in [0.05, 0.1) is 4.90 Å². The summed E-state index contributed by atoms with van der Waals surface area (Å²) in [6.45, 7) is 2.54. The topological polar surface area (TPSA) is 72.6 Å². The van der Waals surface area contributed by atoms with Crippen molar-refractivity contribution in [2.45, 2.75) is 37.1 Å². The van der Waals surface area contributed by atoms with Crippen molar-refractivity contribution in [2.75, 3.05) is 13.1 Å². The maximum Gasteiger partial charge on any atom is 0.573 e. The van der Waals surface area contributed by atoms with Crippen molar-refractivity contribution in [1.29, 1.82) is 0 Å². The van der Waals surface area contributed by atoms with Crippen LogP contribution >= 0.6 is 0 Å². The number of nitrogens with two attached hydrogens (primary N) is 1. The van der Waals surface area contributed by atoms with E-state index in [0.29, 0.717) is 19.5 Å². The Balaban J connectivity index is 2.16. The largest absolute Gasteiger partial charge is 0.573 e. The summed E-state index contributed by atoms with van der Waals surface area (Å²) >= 11 is 0. The van der Waals surface area contributed by atoms with Crippen molar-refractivity contribution in [3.63, 3.8) is 0 Å². The highest BCUT2D eigenvalue weighted by atomic mass is 32.2. The van der Waals surface area contributed by atoms with E-state index >= 15 is 0 Å². The number of ether oxygens (including phenoxy) is 1. The lowest BCUT2D eigenvalue weighted by molar-refractivity contribution is -0.274. The number of rotatable bonds is 4. The normalized spacial score (nSPS) is 21.9. The Morgan fingerprint density at radius 3 is 2.43 bits per heavy atom. The SMILES string of the molecule is CC(N)C1CCCN(S(=O)(=O)c2ccc(OC(F)(F)F)cc2)C1. The minimum absolute atomic E-state index is 0.0580. The molecule has 0 radical (unpaired) electrons. The highest BCUT2D eigenvalue weighted by molar-refractivity contribution is 7.89. The van der Waals surface area contributed by atoms with Gasteiger partial charge in [0, 0.05) is 19.1 Å². The van der Waals surface area contributed by atoms with Crippen molar-refractivity contribution in [3.8, 4) is 5.75 Å². The summed E-state index contributed by atoms with van der Waals surface area (Å²) in [5, 5.41) is 0. The number of hydrogen-bond acceptors (Lipinski definition) is 4. The molecule has 1 fully saturated rings. The van der Waals surface area contributed by atoms with Gasteiger partial charge in [-0.25, -0.2) is 8.42 Å². The Kier molecular flexibility index (Phi) is 5.22. The molecule has 1 aliphatic heterocycles. The average Bonchev–Trinajstić information content (AvgIpc) is 2.46. The molecule has 0 aliphatic carbocycles. The first-order valence-electron chi connectivity index (χ1n) is 7.21. The van der Waals surface area contributed by atoms with E-state index in [4.69, 9.17) is 5.73 Å². The molecule has 0 spiro atoms. The lowest BCUT2D eigenvalue weighted by Gasteiger charge is -2.33. The lowest BCUT2D eigenvalue weighted by Crippen LogP contribution is -2.44. The fourth-order valence-electron chi connectivity index (χ4n) is 2.58. The summed E-state index contributed by atoms with van der Waals surface area (Å²) in [6.07, 6.45) is -3.24. The molecular formula is C14H19F3N2O3S. The Morgan fingerprint density at radius 2 is 1.91 bits per heavy atom. The van der Waals surface area contributed by atoms with Crippen LogP contribution in [0.3, 0.4) is 0 Å². The molecule has 1 aliphatic rings. The number of piperidine rings is 1. The van der Waals surface area contributed by atoms with Gasteiger partial charge in [0.2, 0.25) is 10.0 Å². The van der Waals surface area contributed by atoms with Crippen molar-refractivity contribution >= 4 is 10.0 Å². The van der Waals surface area contributed by atoms with E-state index in [9.17, 15) is 21.6 Å². The molecule has 130 valence electrons. The zero-order chi connectivity index (χ0) is 17.3. The van der Waals surface area contributed by atoms with Crippen LogP contribution < -0.4 is 10.5 Å². The van der Waals surface area contributed by atoms with Crippen LogP contribution in [0, 0.1) is 5.92 Å². The molecule has 2 unspecified atom stereocenters. The van der Waals surface area contributed by atoms with Gasteiger partial charge in [0.25, 0.3) is 0 Å². The summed E-state index contributed by atoms with van der Waals surface area (Å²) in [5.41, 5.74) is 5.85. The van der Waals surface area contributed by atoms with Crippen molar-refractivity contribution in [3.05, 3.63) is 24.3 Å². The van der Waals surface area contributed by atoms with Gasteiger partial charge in [-0.15, -0.1) is 13.2 Å². The summed E-state index contributed by atoms with van der Waals surface area (Å²) in [6, 6.07) is 4.11. The van der Waals surface area contributed by atoms with Crippen molar-refractivity contribution in [1.82, 2.24) is 4.31 Å². The van der Waals surface area contributed by atoms with E-state index in [1.165, 1.54) is 4.31 Å². The zero-order valence-corrected chi connectivity index (χ0v) is 13.4. The van der Waals surface area contributed by atoms with Crippen molar-refractivity contribution in [2.24, 2.45) is 11.7 Å². The Bertz CT molecular complexity index is 630. The summed E-state index contributed by atoms with van der Waals surface area (Å²) in [5.74, 6) is -0.380. The van der Waals surface area contributed by atoms with Gasteiger partial charge in [-0.2, -0.15) is 4.31 Å². The summed E-state index contributed by atoms with van der Waals surface area (Å²) in [7, 11) is -3.75. The Morgan fingerprint density at radius 1 is 1.30 bits per heavy atom. The average molecular weight is 352 g/mol. The first-order chi connectivity index (χ1) is 10.6. The van der Waals surface area contributed by atoms with E-state index < -0.39 is 22.1 Å². The standard InChI is InChI=1S/C14H19F3N2O3S/c1-10(18)11-3-2-8-19(9-11)23(20,21)13-6-4-12(5-7-13)22-14(15,16)17/h4-7,10-11H,2-3,8-9,18H2,1H3. The predicted octanol–water partition coefficient (Wildman–Crippen LogP) is 2.33. The molecule has 2 atom stereocenters. The van der Waals surface area contributed by atoms with Gasteiger partial charge >= 0.3 is 6.36 Å². The van der Waals surface area contributed by atoms with Gasteiger partial charge in [-0.1, -0.05) is 0 Å². The number of sulfonamides is 1. The molecule has 0 bridgehead atoms. The second-order valence-corrected chi connectivity index (χ2v) is 7.58. The van der Waals surface area contributed by atoms with E-state index in [1.807, 2.05) is 6.92 Å². The number of alkyl halides is 3. The highest BCUT2D eigenvalue weighted by Crippen LogP contribution is 2.27. The minimum atomic E-state index is -4.81. The van der Waals surface area contributed by atoms with Gasteiger partial charge in [0.1, 0.15) is 5.75 Å². The third kappa shape index (κ3) is 4.58. The van der Waals surface area contributed by atoms with Gasteiger partial charge in [0.15, 0.2) is 0 Å². The second kappa shape index (κ2) is 6.66. The molecule has 5 nitrogen and oxygen atoms in total. The van der Waals surface area contributed by atoms with Crippen LogP contribution in [0.15, 0.2) is 29.2 Å². The van der Waals surface area contributed by atoms with Gasteiger partial charge in [-0.3, -0.25) is 0 Å². The van der Waals surface area contributed by atoms with E-state index in [-0.39, 0.29) is 16.9 Å². The molecule has 0 amide bonds. The summed E-state index contributed by atoms with van der Waals surface area (Å²) < 4.78 is 66.6. The molecule has 0 saturated carbocycles. The first kappa shape index (κ1) is 18.0. The Labute approximate surface area is 133 Å². The van der Waals surface area contributed by atoms with Gasteiger partial charge < -0.3 is 10.5 Å². The zero-order valence-electron chi connectivity index (χ0n) is 12.6. The maximum atomic E-state index is 12.6. The molecule has 0 aromatic heterocycles. The molecule has 1 aromatic rings. The van der Waals surface area contributed by atoms with Crippen LogP contribution in [0.2, 0.25) is 0 Å². The molecule has 1 aromatic carbocycles. The van der Waals surface area contributed by atoms with Crippen LogP contribution in [0.4, 0.5) is 13.2 Å². The van der Waals surface area contributed by atoms with Crippen LogP contribution in [-0.2, 0) is 10.0 Å². The molecule has 2 N–H and O–H groups in total. The fourth-order valence-corrected chi connectivity index (χ4v) is 4.12. The minimum Gasteiger partial charge on any atom is -0.406 e. The second-order valence-electron chi connectivity index (χ2n) is 5.64. The highest BCUT2D eigenvalue weighted by Gasteiger charge is 2.33. The molecule has 9 heteroatoms. The van der Waals surface area contributed by atoms with Crippen molar-refractivity contribution < 1.29 is 26.3 Å². The van der Waals surface area contributed by atoms with Crippen LogP contribution in [-0.4, -0.2) is 38.2 Å². The fraction of sp³-hybridized carbons (Fsp3) is 0.571. The van der Waals surface area contributed by atoms with Crippen LogP contribution in [0.5, 0.6) is 5.75 Å². The smallest absolute Gasteiger partial charge is 0.406 e. The third-order valence-corrected chi connectivity index (χ3v) is 5.74. The number of hydrogen-bond donors (Lipinski definition) is 1.